The molecule has 9 nitrogen and oxygen atoms in total. The van der Waals surface area contributed by atoms with Crippen LogP contribution in [0.4, 0.5) is 0 Å². The van der Waals surface area contributed by atoms with Crippen molar-refractivity contribution in [2.24, 2.45) is 5.73 Å². The summed E-state index contributed by atoms with van der Waals surface area (Å²) in [6.45, 7) is 4.04. The number of hydrogen-bond acceptors (Lipinski definition) is 8. The second-order valence-electron chi connectivity index (χ2n) is 7.65. The largest absolute Gasteiger partial charge is 0.360 e. The number of sulfonamides is 1. The number of hydrogen-bond donors (Lipinski definition) is 1. The van der Waals surface area contributed by atoms with E-state index in [1.165, 1.54) is 4.31 Å². The summed E-state index contributed by atoms with van der Waals surface area (Å²) >= 11 is 0. The molecular formula is C17H25N5O4S. The van der Waals surface area contributed by atoms with Crippen LogP contribution < -0.4 is 5.73 Å². The first kappa shape index (κ1) is 18.6. The first-order valence-electron chi connectivity index (χ1n) is 9.37. The first-order valence-corrected chi connectivity index (χ1v) is 10.8. The second kappa shape index (κ2) is 6.68. The number of nitrogens with two attached hydrogens (primary N) is 1. The molecule has 2 N–H and O–H groups in total. The van der Waals surface area contributed by atoms with Crippen LogP contribution in [0.2, 0.25) is 0 Å². The van der Waals surface area contributed by atoms with Crippen molar-refractivity contribution in [3.63, 3.8) is 0 Å². The molecule has 27 heavy (non-hydrogen) atoms. The molecule has 0 radical (unpaired) electrons. The van der Waals surface area contributed by atoms with Gasteiger partial charge in [0.25, 0.3) is 0 Å². The molecule has 2 aliphatic rings. The summed E-state index contributed by atoms with van der Waals surface area (Å²) in [7, 11) is -3.61. The first-order chi connectivity index (χ1) is 12.8. The lowest BCUT2D eigenvalue weighted by atomic mass is 9.97. The van der Waals surface area contributed by atoms with E-state index in [9.17, 15) is 8.42 Å². The smallest absolute Gasteiger partial charge is 0.248 e. The Hall–Kier alpha value is -1.78. The zero-order chi connectivity index (χ0) is 19.2. The van der Waals surface area contributed by atoms with Crippen molar-refractivity contribution in [3.05, 3.63) is 23.2 Å². The maximum atomic E-state index is 12.9. The number of rotatable bonds is 4. The predicted molar refractivity (Wildman–Crippen MR) is 95.3 cm³/mol. The fourth-order valence-corrected chi connectivity index (χ4v) is 5.91. The van der Waals surface area contributed by atoms with Crippen LogP contribution in [-0.2, 0) is 15.6 Å². The third-order valence-corrected chi connectivity index (χ3v) is 7.90. The summed E-state index contributed by atoms with van der Waals surface area (Å²) in [6, 6.07) is 0. The highest BCUT2D eigenvalue weighted by molar-refractivity contribution is 7.89. The quantitative estimate of drug-likeness (QED) is 0.832. The lowest BCUT2D eigenvalue weighted by Gasteiger charge is -2.29. The predicted octanol–water partition coefficient (Wildman–Crippen LogP) is 1.97. The Bertz CT molecular complexity index is 902. The molecule has 148 valence electrons. The van der Waals surface area contributed by atoms with E-state index in [2.05, 4.69) is 15.3 Å². The van der Waals surface area contributed by atoms with Crippen LogP contribution in [0.5, 0.6) is 0 Å². The zero-order valence-electron chi connectivity index (χ0n) is 15.6. The zero-order valence-corrected chi connectivity index (χ0v) is 16.5. The van der Waals surface area contributed by atoms with E-state index < -0.39 is 15.6 Å². The average Bonchev–Trinajstić information content (AvgIpc) is 3.36. The van der Waals surface area contributed by atoms with Crippen molar-refractivity contribution in [1.29, 1.82) is 0 Å². The van der Waals surface area contributed by atoms with Crippen molar-refractivity contribution < 1.29 is 17.5 Å². The molecular weight excluding hydrogens is 370 g/mol. The van der Waals surface area contributed by atoms with Gasteiger partial charge >= 0.3 is 0 Å². The SMILES string of the molecule is Cc1noc(C)c1S(=O)(=O)N1CCC(c2nc(C3(N)CCCC3)no2)CC1. The van der Waals surface area contributed by atoms with Gasteiger partial charge in [0.05, 0.1) is 5.54 Å². The van der Waals surface area contributed by atoms with E-state index in [4.69, 9.17) is 14.8 Å². The molecule has 1 aliphatic carbocycles. The monoisotopic (exact) mass is 395 g/mol. The van der Waals surface area contributed by atoms with Crippen molar-refractivity contribution >= 4 is 10.0 Å². The van der Waals surface area contributed by atoms with Crippen LogP contribution in [0, 0.1) is 13.8 Å². The summed E-state index contributed by atoms with van der Waals surface area (Å²) in [6.07, 6.45) is 5.17. The summed E-state index contributed by atoms with van der Waals surface area (Å²) < 4.78 is 37.8. The Morgan fingerprint density at radius 2 is 1.78 bits per heavy atom. The van der Waals surface area contributed by atoms with Gasteiger partial charge < -0.3 is 14.8 Å². The lowest BCUT2D eigenvalue weighted by Crippen LogP contribution is -2.38. The van der Waals surface area contributed by atoms with Gasteiger partial charge in [0, 0.05) is 19.0 Å². The van der Waals surface area contributed by atoms with Crippen LogP contribution in [0.15, 0.2) is 13.9 Å². The fraction of sp³-hybridized carbons (Fsp3) is 0.706. The fourth-order valence-electron chi connectivity index (χ4n) is 4.15. The highest BCUT2D eigenvalue weighted by atomic mass is 32.2. The second-order valence-corrected chi connectivity index (χ2v) is 9.53. The van der Waals surface area contributed by atoms with Gasteiger partial charge in [-0.25, -0.2) is 8.42 Å². The van der Waals surface area contributed by atoms with E-state index in [-0.39, 0.29) is 10.8 Å². The van der Waals surface area contributed by atoms with Gasteiger partial charge in [-0.05, 0) is 39.5 Å². The number of nitrogens with zero attached hydrogens (tertiary/aromatic N) is 4. The minimum Gasteiger partial charge on any atom is -0.360 e. The van der Waals surface area contributed by atoms with Gasteiger partial charge in [0.2, 0.25) is 15.9 Å². The maximum absolute atomic E-state index is 12.9. The Kier molecular flexibility index (Phi) is 4.59. The molecule has 4 rings (SSSR count). The summed E-state index contributed by atoms with van der Waals surface area (Å²) in [5.74, 6) is 1.52. The Labute approximate surface area is 158 Å². The third kappa shape index (κ3) is 3.19. The highest BCUT2D eigenvalue weighted by Crippen LogP contribution is 2.36. The number of aryl methyl sites for hydroxylation is 2. The molecule has 2 aromatic heterocycles. The number of piperidine rings is 1. The summed E-state index contributed by atoms with van der Waals surface area (Å²) in [5, 5.41) is 7.87. The molecule has 1 saturated heterocycles. The average molecular weight is 395 g/mol. The highest BCUT2D eigenvalue weighted by Gasteiger charge is 2.38. The van der Waals surface area contributed by atoms with Gasteiger partial charge in [-0.2, -0.15) is 9.29 Å². The molecule has 10 heteroatoms. The van der Waals surface area contributed by atoms with Gasteiger partial charge in [-0.3, -0.25) is 0 Å². The standard InChI is InChI=1S/C17H25N5O4S/c1-11-14(12(2)25-20-11)27(23,24)22-9-5-13(6-10-22)15-19-16(21-26-15)17(18)7-3-4-8-17/h13H,3-10,18H2,1-2H3. The topological polar surface area (TPSA) is 128 Å². The molecule has 3 heterocycles. The van der Waals surface area contributed by atoms with Crippen molar-refractivity contribution in [1.82, 2.24) is 19.6 Å². The maximum Gasteiger partial charge on any atom is 0.248 e. The van der Waals surface area contributed by atoms with Crippen LogP contribution in [-0.4, -0.2) is 41.1 Å². The van der Waals surface area contributed by atoms with Crippen LogP contribution in [0.3, 0.4) is 0 Å². The molecule has 0 atom stereocenters. The lowest BCUT2D eigenvalue weighted by molar-refractivity contribution is 0.268. The molecule has 0 bridgehead atoms. The summed E-state index contributed by atoms with van der Waals surface area (Å²) in [5.41, 5.74) is 6.31. The molecule has 0 unspecified atom stereocenters. The molecule has 0 spiro atoms. The Morgan fingerprint density at radius 3 is 2.37 bits per heavy atom. The molecule has 2 fully saturated rings. The van der Waals surface area contributed by atoms with Crippen molar-refractivity contribution in [2.75, 3.05) is 13.1 Å². The van der Waals surface area contributed by atoms with E-state index in [1.807, 2.05) is 0 Å². The summed E-state index contributed by atoms with van der Waals surface area (Å²) in [4.78, 5) is 4.73. The minimum atomic E-state index is -3.61. The molecule has 1 aliphatic heterocycles. The van der Waals surface area contributed by atoms with Crippen LogP contribution in [0.1, 0.15) is 67.6 Å². The third-order valence-electron chi connectivity index (χ3n) is 5.75. The minimum absolute atomic E-state index is 0.0485. The van der Waals surface area contributed by atoms with Crippen LogP contribution >= 0.6 is 0 Å². The van der Waals surface area contributed by atoms with E-state index >= 15 is 0 Å². The van der Waals surface area contributed by atoms with E-state index in [1.54, 1.807) is 13.8 Å². The molecule has 0 amide bonds. The molecule has 0 aromatic carbocycles. The van der Waals surface area contributed by atoms with Gasteiger partial charge in [-0.15, -0.1) is 0 Å². The normalized spacial score (nSPS) is 21.7. The Morgan fingerprint density at radius 1 is 1.11 bits per heavy atom. The van der Waals surface area contributed by atoms with Gasteiger partial charge in [0.1, 0.15) is 10.6 Å². The number of aromatic nitrogens is 3. The Balaban J connectivity index is 1.46. The van der Waals surface area contributed by atoms with Gasteiger partial charge in [0.15, 0.2) is 11.6 Å². The molecule has 1 saturated carbocycles. The van der Waals surface area contributed by atoms with Crippen LogP contribution in [0.25, 0.3) is 0 Å². The van der Waals surface area contributed by atoms with Crippen molar-refractivity contribution in [3.8, 4) is 0 Å². The van der Waals surface area contributed by atoms with E-state index in [0.29, 0.717) is 49.1 Å². The van der Waals surface area contributed by atoms with E-state index in [0.717, 1.165) is 25.7 Å². The molecule has 2 aromatic rings. The van der Waals surface area contributed by atoms with Gasteiger partial charge in [-0.1, -0.05) is 23.2 Å². The van der Waals surface area contributed by atoms with Crippen molar-refractivity contribution in [2.45, 2.75) is 68.7 Å².